The van der Waals surface area contributed by atoms with Crippen molar-refractivity contribution in [3.05, 3.63) is 70.5 Å². The van der Waals surface area contributed by atoms with Crippen LogP contribution in [0.5, 0.6) is 5.75 Å². The number of ether oxygens (including phenoxy) is 2. The van der Waals surface area contributed by atoms with Gasteiger partial charge in [-0.2, -0.15) is 0 Å². The Kier molecular flexibility index (Phi) is 7.17. The average Bonchev–Trinajstić information content (AvgIpc) is 2.63. The van der Waals surface area contributed by atoms with E-state index in [2.05, 4.69) is 5.32 Å². The number of rotatable bonds is 7. The fourth-order valence-corrected chi connectivity index (χ4v) is 2.25. The molecule has 1 N–H and O–H groups in total. The lowest BCUT2D eigenvalue weighted by Crippen LogP contribution is -2.28. The van der Waals surface area contributed by atoms with Crippen LogP contribution in [-0.2, 0) is 20.9 Å². The van der Waals surface area contributed by atoms with Crippen molar-refractivity contribution in [3.8, 4) is 5.75 Å². The highest BCUT2D eigenvalue weighted by Crippen LogP contribution is 2.18. The molecule has 5 nitrogen and oxygen atoms in total. The lowest BCUT2D eigenvalue weighted by molar-refractivity contribution is -0.143. The summed E-state index contributed by atoms with van der Waals surface area (Å²) in [7, 11) is 1.36. The molecule has 0 saturated heterocycles. The second-order valence-corrected chi connectivity index (χ2v) is 5.68. The van der Waals surface area contributed by atoms with Crippen LogP contribution in [0.2, 0.25) is 5.02 Å². The monoisotopic (exact) mass is 377 g/mol. The molecule has 0 bridgehead atoms. The van der Waals surface area contributed by atoms with Crippen molar-refractivity contribution in [1.82, 2.24) is 5.32 Å². The summed E-state index contributed by atoms with van der Waals surface area (Å²) in [4.78, 5) is 23.3. The normalized spacial score (nSPS) is 10.6. The molecule has 0 fully saturated rings. The fraction of sp³-hybridized carbons (Fsp3) is 0.158. The zero-order valence-electron chi connectivity index (χ0n) is 14.0. The SMILES string of the molecule is COc1ccc(/C=C/C(=O)OCC(=O)NCc2cccc(Cl)c2)cc1F. The highest BCUT2D eigenvalue weighted by atomic mass is 35.5. The highest BCUT2D eigenvalue weighted by Gasteiger charge is 2.06. The van der Waals surface area contributed by atoms with Crippen molar-refractivity contribution in [2.45, 2.75) is 6.54 Å². The molecule has 26 heavy (non-hydrogen) atoms. The summed E-state index contributed by atoms with van der Waals surface area (Å²) >= 11 is 5.85. The third-order valence-corrected chi connectivity index (χ3v) is 3.55. The van der Waals surface area contributed by atoms with Crippen molar-refractivity contribution in [3.63, 3.8) is 0 Å². The molecule has 0 radical (unpaired) electrons. The summed E-state index contributed by atoms with van der Waals surface area (Å²) in [6.45, 7) is -0.140. The van der Waals surface area contributed by atoms with Gasteiger partial charge in [0.15, 0.2) is 18.2 Å². The summed E-state index contributed by atoms with van der Waals surface area (Å²) < 4.78 is 23.2. The topological polar surface area (TPSA) is 64.6 Å². The van der Waals surface area contributed by atoms with Crippen molar-refractivity contribution >= 4 is 29.6 Å². The maximum Gasteiger partial charge on any atom is 0.331 e. The summed E-state index contributed by atoms with van der Waals surface area (Å²) in [6.07, 6.45) is 2.50. The molecule has 2 rings (SSSR count). The number of benzene rings is 2. The molecule has 0 aliphatic rings. The molecule has 0 spiro atoms. The number of hydrogen-bond donors (Lipinski definition) is 1. The first-order chi connectivity index (χ1) is 12.5. The first-order valence-electron chi connectivity index (χ1n) is 7.67. The summed E-state index contributed by atoms with van der Waals surface area (Å²) in [5, 5.41) is 3.19. The second-order valence-electron chi connectivity index (χ2n) is 5.24. The summed E-state index contributed by atoms with van der Waals surface area (Å²) in [6, 6.07) is 11.3. The van der Waals surface area contributed by atoms with Gasteiger partial charge in [-0.15, -0.1) is 0 Å². The number of halogens is 2. The third-order valence-electron chi connectivity index (χ3n) is 3.31. The maximum absolute atomic E-state index is 13.5. The van der Waals surface area contributed by atoms with E-state index in [1.54, 1.807) is 24.3 Å². The Morgan fingerprint density at radius 2 is 2.04 bits per heavy atom. The Hall–Kier alpha value is -2.86. The number of amides is 1. The predicted molar refractivity (Wildman–Crippen MR) is 96.2 cm³/mol. The number of hydrogen-bond acceptors (Lipinski definition) is 4. The molecule has 0 unspecified atom stereocenters. The maximum atomic E-state index is 13.5. The van der Waals surface area contributed by atoms with E-state index >= 15 is 0 Å². The zero-order chi connectivity index (χ0) is 18.9. The van der Waals surface area contributed by atoms with Crippen LogP contribution in [0.25, 0.3) is 6.08 Å². The molecule has 136 valence electrons. The predicted octanol–water partition coefficient (Wildman–Crippen LogP) is 3.36. The van der Waals surface area contributed by atoms with Crippen LogP contribution in [0.1, 0.15) is 11.1 Å². The average molecular weight is 378 g/mol. The van der Waals surface area contributed by atoms with Gasteiger partial charge in [-0.25, -0.2) is 9.18 Å². The van der Waals surface area contributed by atoms with E-state index in [9.17, 15) is 14.0 Å². The molecule has 1 amide bonds. The Labute approximate surface area is 155 Å². The van der Waals surface area contributed by atoms with Crippen LogP contribution in [-0.4, -0.2) is 25.6 Å². The number of methoxy groups -OCH3 is 1. The molecule has 7 heteroatoms. The van der Waals surface area contributed by atoms with E-state index in [1.165, 1.54) is 25.3 Å². The van der Waals surface area contributed by atoms with Gasteiger partial charge in [0, 0.05) is 17.6 Å². The molecule has 0 aliphatic heterocycles. The summed E-state index contributed by atoms with van der Waals surface area (Å²) in [5.41, 5.74) is 1.30. The number of nitrogens with one attached hydrogen (secondary N) is 1. The minimum Gasteiger partial charge on any atom is -0.494 e. The molecule has 0 heterocycles. The lowest BCUT2D eigenvalue weighted by Gasteiger charge is -2.06. The van der Waals surface area contributed by atoms with Crippen LogP contribution in [0.4, 0.5) is 4.39 Å². The van der Waals surface area contributed by atoms with E-state index in [1.807, 2.05) is 6.07 Å². The molecule has 0 aliphatic carbocycles. The van der Waals surface area contributed by atoms with Crippen molar-refractivity contribution in [2.75, 3.05) is 13.7 Å². The lowest BCUT2D eigenvalue weighted by atomic mass is 10.2. The van der Waals surface area contributed by atoms with E-state index < -0.39 is 24.3 Å². The Balaban J connectivity index is 1.77. The van der Waals surface area contributed by atoms with E-state index in [-0.39, 0.29) is 12.3 Å². The van der Waals surface area contributed by atoms with Gasteiger partial charge in [-0.1, -0.05) is 29.8 Å². The first kappa shape index (κ1) is 19.5. The Bertz CT molecular complexity index is 823. The molecule has 0 aromatic heterocycles. The van der Waals surface area contributed by atoms with Gasteiger partial charge in [0.05, 0.1) is 7.11 Å². The quantitative estimate of drug-likeness (QED) is 0.593. The largest absolute Gasteiger partial charge is 0.494 e. The van der Waals surface area contributed by atoms with Crippen molar-refractivity contribution < 1.29 is 23.5 Å². The van der Waals surface area contributed by atoms with Gasteiger partial charge in [-0.05, 0) is 41.5 Å². The number of carbonyl (C=O) groups is 2. The third kappa shape index (κ3) is 6.22. The van der Waals surface area contributed by atoms with Crippen molar-refractivity contribution in [2.24, 2.45) is 0 Å². The highest BCUT2D eigenvalue weighted by molar-refractivity contribution is 6.30. The minimum absolute atomic E-state index is 0.112. The molecular weight excluding hydrogens is 361 g/mol. The Morgan fingerprint density at radius 1 is 1.23 bits per heavy atom. The van der Waals surface area contributed by atoms with Gasteiger partial charge in [0.25, 0.3) is 5.91 Å². The van der Waals surface area contributed by atoms with Crippen LogP contribution in [0.15, 0.2) is 48.5 Å². The van der Waals surface area contributed by atoms with Gasteiger partial charge < -0.3 is 14.8 Å². The molecule has 2 aromatic rings. The number of esters is 1. The van der Waals surface area contributed by atoms with E-state index in [0.717, 1.165) is 11.6 Å². The number of carbonyl (C=O) groups excluding carboxylic acids is 2. The molecule has 2 aromatic carbocycles. The van der Waals surface area contributed by atoms with Gasteiger partial charge in [0.2, 0.25) is 0 Å². The van der Waals surface area contributed by atoms with Crippen molar-refractivity contribution in [1.29, 1.82) is 0 Å². The van der Waals surface area contributed by atoms with E-state index in [0.29, 0.717) is 10.6 Å². The van der Waals surface area contributed by atoms with Gasteiger partial charge in [0.1, 0.15) is 0 Å². The van der Waals surface area contributed by atoms with Gasteiger partial charge in [-0.3, -0.25) is 4.79 Å². The Morgan fingerprint density at radius 3 is 2.73 bits per heavy atom. The second kappa shape index (κ2) is 9.58. The zero-order valence-corrected chi connectivity index (χ0v) is 14.8. The first-order valence-corrected chi connectivity index (χ1v) is 8.05. The van der Waals surface area contributed by atoms with Crippen LogP contribution < -0.4 is 10.1 Å². The smallest absolute Gasteiger partial charge is 0.331 e. The van der Waals surface area contributed by atoms with E-state index in [4.69, 9.17) is 21.1 Å². The minimum atomic E-state index is -0.709. The van der Waals surface area contributed by atoms with Crippen LogP contribution >= 0.6 is 11.6 Å². The summed E-state index contributed by atoms with van der Waals surface area (Å²) in [5.74, 6) is -1.58. The van der Waals surface area contributed by atoms with Crippen LogP contribution in [0.3, 0.4) is 0 Å². The van der Waals surface area contributed by atoms with Crippen LogP contribution in [0, 0.1) is 5.82 Å². The fourth-order valence-electron chi connectivity index (χ4n) is 2.03. The molecular formula is C19H17ClFNO4. The molecule has 0 saturated carbocycles. The standard InChI is InChI=1S/C19H17ClFNO4/c1-25-17-7-5-13(10-16(17)21)6-8-19(24)26-12-18(23)22-11-14-3-2-4-15(20)9-14/h2-10H,11-12H2,1H3,(H,22,23)/b8-6+. The van der Waals surface area contributed by atoms with Gasteiger partial charge >= 0.3 is 5.97 Å². The molecule has 0 atom stereocenters.